The van der Waals surface area contributed by atoms with Crippen LogP contribution in [0.25, 0.3) is 0 Å². The lowest BCUT2D eigenvalue weighted by Crippen LogP contribution is -2.19. The van der Waals surface area contributed by atoms with E-state index in [1.54, 1.807) is 0 Å². The second kappa shape index (κ2) is 6.02. The first-order chi connectivity index (χ1) is 9.13. The minimum atomic E-state index is 0.318. The van der Waals surface area contributed by atoms with Crippen LogP contribution >= 0.6 is 0 Å². The van der Waals surface area contributed by atoms with Gasteiger partial charge in [-0.1, -0.05) is 31.2 Å². The summed E-state index contributed by atoms with van der Waals surface area (Å²) in [5, 5.41) is 7.89. The van der Waals surface area contributed by atoms with Crippen molar-refractivity contribution in [1.29, 1.82) is 0 Å². The van der Waals surface area contributed by atoms with Gasteiger partial charge >= 0.3 is 0 Å². The van der Waals surface area contributed by atoms with Crippen LogP contribution in [0.1, 0.15) is 42.3 Å². The van der Waals surface area contributed by atoms with E-state index in [2.05, 4.69) is 55.5 Å². The molecule has 2 aromatic rings. The highest BCUT2D eigenvalue weighted by Crippen LogP contribution is 2.17. The van der Waals surface area contributed by atoms with Gasteiger partial charge in [0.25, 0.3) is 0 Å². The molecule has 0 aliphatic rings. The number of aromatic nitrogens is 2. The second-order valence-electron chi connectivity index (χ2n) is 5.03. The van der Waals surface area contributed by atoms with Crippen LogP contribution in [0.15, 0.2) is 30.5 Å². The standard InChI is InChI=1S/C16H23N3/c1-5-14-8-6-7-9-15(14)10-17-12(2)16-11-18-19(4)13(16)3/h6-9,11-12,17H,5,10H2,1-4H3. The largest absolute Gasteiger partial charge is 0.306 e. The van der Waals surface area contributed by atoms with E-state index in [0.717, 1.165) is 13.0 Å². The number of hydrogen-bond donors (Lipinski definition) is 1. The van der Waals surface area contributed by atoms with Gasteiger partial charge in [-0.3, -0.25) is 4.68 Å². The zero-order valence-corrected chi connectivity index (χ0v) is 12.3. The van der Waals surface area contributed by atoms with Crippen molar-refractivity contribution in [3.63, 3.8) is 0 Å². The Kier molecular flexibility index (Phi) is 4.38. The zero-order valence-electron chi connectivity index (χ0n) is 12.3. The van der Waals surface area contributed by atoms with Gasteiger partial charge in [-0.15, -0.1) is 0 Å². The highest BCUT2D eigenvalue weighted by molar-refractivity contribution is 5.27. The molecule has 1 N–H and O–H groups in total. The van der Waals surface area contributed by atoms with Crippen LogP contribution in [0.3, 0.4) is 0 Å². The van der Waals surface area contributed by atoms with Gasteiger partial charge in [0.2, 0.25) is 0 Å². The number of rotatable bonds is 5. The molecule has 0 spiro atoms. The van der Waals surface area contributed by atoms with E-state index in [1.807, 2.05) is 17.9 Å². The molecule has 0 amide bonds. The molecule has 0 aliphatic carbocycles. The summed E-state index contributed by atoms with van der Waals surface area (Å²) in [5.74, 6) is 0. The van der Waals surface area contributed by atoms with Gasteiger partial charge in [0.15, 0.2) is 0 Å². The van der Waals surface area contributed by atoms with Crippen LogP contribution in [0.4, 0.5) is 0 Å². The maximum atomic E-state index is 4.30. The molecule has 1 unspecified atom stereocenters. The van der Waals surface area contributed by atoms with Gasteiger partial charge in [-0.2, -0.15) is 5.10 Å². The molecule has 0 saturated heterocycles. The van der Waals surface area contributed by atoms with Crippen LogP contribution < -0.4 is 5.32 Å². The molecule has 0 aliphatic heterocycles. The fourth-order valence-electron chi connectivity index (χ4n) is 2.39. The maximum absolute atomic E-state index is 4.30. The minimum Gasteiger partial charge on any atom is -0.306 e. The number of hydrogen-bond acceptors (Lipinski definition) is 2. The van der Waals surface area contributed by atoms with Crippen LogP contribution in [-0.4, -0.2) is 9.78 Å². The summed E-state index contributed by atoms with van der Waals surface area (Å²) in [6, 6.07) is 8.94. The summed E-state index contributed by atoms with van der Waals surface area (Å²) < 4.78 is 1.92. The van der Waals surface area contributed by atoms with Crippen molar-refractivity contribution in [2.45, 2.75) is 39.8 Å². The quantitative estimate of drug-likeness (QED) is 0.891. The normalized spacial score (nSPS) is 12.6. The monoisotopic (exact) mass is 257 g/mol. The molecular formula is C16H23N3. The SMILES string of the molecule is CCc1ccccc1CNC(C)c1cnn(C)c1C. The molecule has 3 heteroatoms. The third kappa shape index (κ3) is 3.04. The van der Waals surface area contributed by atoms with Crippen LogP contribution in [0.2, 0.25) is 0 Å². The van der Waals surface area contributed by atoms with E-state index in [4.69, 9.17) is 0 Å². The maximum Gasteiger partial charge on any atom is 0.0540 e. The number of nitrogens with zero attached hydrogens (tertiary/aromatic N) is 2. The van der Waals surface area contributed by atoms with Crippen molar-refractivity contribution in [2.24, 2.45) is 7.05 Å². The average molecular weight is 257 g/mol. The Hall–Kier alpha value is -1.61. The van der Waals surface area contributed by atoms with E-state index >= 15 is 0 Å². The van der Waals surface area contributed by atoms with Gasteiger partial charge in [-0.25, -0.2) is 0 Å². The minimum absolute atomic E-state index is 0.318. The van der Waals surface area contributed by atoms with E-state index in [-0.39, 0.29) is 0 Å². The molecule has 0 saturated carbocycles. The first-order valence-corrected chi connectivity index (χ1v) is 6.92. The van der Waals surface area contributed by atoms with Crippen LogP contribution in [0, 0.1) is 6.92 Å². The Labute approximate surface area is 115 Å². The summed E-state index contributed by atoms with van der Waals surface area (Å²) >= 11 is 0. The van der Waals surface area contributed by atoms with Crippen molar-refractivity contribution in [2.75, 3.05) is 0 Å². The predicted molar refractivity (Wildman–Crippen MR) is 79.0 cm³/mol. The van der Waals surface area contributed by atoms with E-state index in [1.165, 1.54) is 22.4 Å². The van der Waals surface area contributed by atoms with Gasteiger partial charge in [0, 0.05) is 30.9 Å². The van der Waals surface area contributed by atoms with E-state index in [9.17, 15) is 0 Å². The molecule has 1 aromatic heterocycles. The Morgan fingerprint density at radius 2 is 1.95 bits per heavy atom. The second-order valence-corrected chi connectivity index (χ2v) is 5.03. The molecule has 2 rings (SSSR count). The lowest BCUT2D eigenvalue weighted by molar-refractivity contribution is 0.568. The molecule has 3 nitrogen and oxygen atoms in total. The predicted octanol–water partition coefficient (Wildman–Crippen LogP) is 3.14. The van der Waals surface area contributed by atoms with E-state index in [0.29, 0.717) is 6.04 Å². The molecule has 1 aromatic carbocycles. The Bertz CT molecular complexity index is 543. The lowest BCUT2D eigenvalue weighted by Gasteiger charge is -2.15. The summed E-state index contributed by atoms with van der Waals surface area (Å²) in [5.41, 5.74) is 5.31. The van der Waals surface area contributed by atoms with Gasteiger partial charge in [0.05, 0.1) is 6.20 Å². The molecule has 0 radical (unpaired) electrons. The van der Waals surface area contributed by atoms with Crippen LogP contribution in [-0.2, 0) is 20.0 Å². The Morgan fingerprint density at radius 1 is 1.26 bits per heavy atom. The first-order valence-electron chi connectivity index (χ1n) is 6.92. The van der Waals surface area contributed by atoms with Crippen molar-refractivity contribution in [3.05, 3.63) is 52.8 Å². The molecule has 0 bridgehead atoms. The van der Waals surface area contributed by atoms with E-state index < -0.39 is 0 Å². The van der Waals surface area contributed by atoms with Crippen molar-refractivity contribution < 1.29 is 0 Å². The molecule has 102 valence electrons. The highest BCUT2D eigenvalue weighted by atomic mass is 15.3. The third-order valence-electron chi connectivity index (χ3n) is 3.84. The highest BCUT2D eigenvalue weighted by Gasteiger charge is 2.11. The molecular weight excluding hydrogens is 234 g/mol. The summed E-state index contributed by atoms with van der Waals surface area (Å²) in [6.45, 7) is 7.41. The fourth-order valence-corrected chi connectivity index (χ4v) is 2.39. The molecule has 0 fully saturated rings. The van der Waals surface area contributed by atoms with Gasteiger partial charge in [-0.05, 0) is 31.4 Å². The number of benzene rings is 1. The zero-order chi connectivity index (χ0) is 13.8. The molecule has 19 heavy (non-hydrogen) atoms. The van der Waals surface area contributed by atoms with Crippen molar-refractivity contribution >= 4 is 0 Å². The van der Waals surface area contributed by atoms with Crippen molar-refractivity contribution in [1.82, 2.24) is 15.1 Å². The average Bonchev–Trinajstić information content (AvgIpc) is 2.77. The number of aryl methyl sites for hydroxylation is 2. The van der Waals surface area contributed by atoms with Crippen LogP contribution in [0.5, 0.6) is 0 Å². The van der Waals surface area contributed by atoms with Crippen molar-refractivity contribution in [3.8, 4) is 0 Å². The van der Waals surface area contributed by atoms with Gasteiger partial charge < -0.3 is 5.32 Å². The topological polar surface area (TPSA) is 29.9 Å². The molecule has 1 atom stereocenters. The summed E-state index contributed by atoms with van der Waals surface area (Å²) in [6.07, 6.45) is 3.04. The third-order valence-corrected chi connectivity index (χ3v) is 3.84. The Balaban J connectivity index is 2.04. The number of nitrogens with one attached hydrogen (secondary N) is 1. The summed E-state index contributed by atoms with van der Waals surface area (Å²) in [7, 11) is 1.98. The first kappa shape index (κ1) is 13.8. The molecule has 1 heterocycles. The van der Waals surface area contributed by atoms with Gasteiger partial charge in [0.1, 0.15) is 0 Å². The Morgan fingerprint density at radius 3 is 2.53 bits per heavy atom. The fraction of sp³-hybridized carbons (Fsp3) is 0.438. The summed E-state index contributed by atoms with van der Waals surface area (Å²) in [4.78, 5) is 0. The smallest absolute Gasteiger partial charge is 0.0540 e. The lowest BCUT2D eigenvalue weighted by atomic mass is 10.0.